The van der Waals surface area contributed by atoms with Crippen LogP contribution >= 0.6 is 0 Å². The van der Waals surface area contributed by atoms with Crippen molar-refractivity contribution in [1.82, 2.24) is 19.5 Å². The molecule has 0 bridgehead atoms. The molecule has 0 radical (unpaired) electrons. The number of rotatable bonds is 3. The Kier molecular flexibility index (Phi) is 2.98. The Labute approximate surface area is 117 Å². The van der Waals surface area contributed by atoms with Gasteiger partial charge in [-0.15, -0.1) is 0 Å². The zero-order valence-corrected chi connectivity index (χ0v) is 11.2. The van der Waals surface area contributed by atoms with Gasteiger partial charge in [0.1, 0.15) is 5.69 Å². The highest BCUT2D eigenvalue weighted by atomic mass is 16.2. The van der Waals surface area contributed by atoms with E-state index >= 15 is 0 Å². The van der Waals surface area contributed by atoms with E-state index in [-0.39, 0.29) is 17.1 Å². The van der Waals surface area contributed by atoms with Crippen molar-refractivity contribution in [3.05, 3.63) is 51.1 Å². The molecule has 4 N–H and O–H groups in total. The number of amides is 1. The lowest BCUT2D eigenvalue weighted by Crippen LogP contribution is -2.23. The summed E-state index contributed by atoms with van der Waals surface area (Å²) in [5.41, 5.74) is 1.12. The van der Waals surface area contributed by atoms with Gasteiger partial charge in [0.2, 0.25) is 0 Å². The Bertz CT molecular complexity index is 927. The van der Waals surface area contributed by atoms with E-state index in [1.165, 1.54) is 10.8 Å². The molecule has 2 heterocycles. The second-order valence-electron chi connectivity index (χ2n) is 4.48. The molecule has 21 heavy (non-hydrogen) atoms. The van der Waals surface area contributed by atoms with Gasteiger partial charge in [-0.1, -0.05) is 6.07 Å². The summed E-state index contributed by atoms with van der Waals surface area (Å²) >= 11 is 0. The highest BCUT2D eigenvalue weighted by molar-refractivity contribution is 6.06. The molecule has 0 spiro atoms. The Morgan fingerprint density at radius 1 is 1.29 bits per heavy atom. The molecule has 1 amide bonds. The summed E-state index contributed by atoms with van der Waals surface area (Å²) in [7, 11) is 0. The van der Waals surface area contributed by atoms with E-state index < -0.39 is 5.91 Å². The van der Waals surface area contributed by atoms with Crippen molar-refractivity contribution >= 4 is 22.6 Å². The molecule has 1 aromatic carbocycles. The summed E-state index contributed by atoms with van der Waals surface area (Å²) in [6, 6.07) is 5.11. The molecule has 0 aliphatic heterocycles. The van der Waals surface area contributed by atoms with Crippen LogP contribution in [0.2, 0.25) is 0 Å². The molecule has 0 unspecified atom stereocenters. The number of hydrogen-bond acceptors (Lipinski definition) is 3. The molecule has 108 valence electrons. The molecule has 8 nitrogen and oxygen atoms in total. The fourth-order valence-electron chi connectivity index (χ4n) is 2.25. The minimum atomic E-state index is -0.426. The van der Waals surface area contributed by atoms with E-state index in [9.17, 15) is 14.4 Å². The number of H-pyrrole nitrogens is 3. The van der Waals surface area contributed by atoms with Crippen molar-refractivity contribution in [1.29, 1.82) is 0 Å². The summed E-state index contributed by atoms with van der Waals surface area (Å²) in [5.74, 6) is -0.426. The van der Waals surface area contributed by atoms with E-state index in [4.69, 9.17) is 0 Å². The number of hydrogen-bond donors (Lipinski definition) is 4. The molecular formula is C13H13N5O3. The van der Waals surface area contributed by atoms with Crippen LogP contribution in [0.3, 0.4) is 0 Å². The number of nitrogens with zero attached hydrogens (tertiary/aromatic N) is 1. The number of carbonyl (C=O) groups excluding carboxylic acids is 1. The first kappa shape index (κ1) is 13.0. The van der Waals surface area contributed by atoms with E-state index in [0.29, 0.717) is 23.3 Å². The van der Waals surface area contributed by atoms with Gasteiger partial charge < -0.3 is 20.3 Å². The number of anilines is 1. The van der Waals surface area contributed by atoms with Crippen molar-refractivity contribution < 1.29 is 4.79 Å². The lowest BCUT2D eigenvalue weighted by molar-refractivity contribution is 0.101. The van der Waals surface area contributed by atoms with Gasteiger partial charge in [0.15, 0.2) is 0 Å². The smallest absolute Gasteiger partial charge is 0.319 e. The standard InChI is InChI=1S/C13H13N5O3/c1-2-18-9(6-14-13(18)21)11(19)15-7-4-3-5-8-10(7)17-12(20)16-8/h3-6H,2H2,1H3,(H,14,21)(H,15,19)(H2,16,17,20). The van der Waals surface area contributed by atoms with Gasteiger partial charge in [0.25, 0.3) is 5.91 Å². The van der Waals surface area contributed by atoms with Crippen LogP contribution in [-0.2, 0) is 6.54 Å². The second kappa shape index (κ2) is 4.82. The first-order chi connectivity index (χ1) is 10.1. The molecule has 0 aliphatic rings. The van der Waals surface area contributed by atoms with Gasteiger partial charge in [-0.25, -0.2) is 9.59 Å². The largest absolute Gasteiger partial charge is 0.326 e. The number of fused-ring (bicyclic) bond motifs is 1. The maximum atomic E-state index is 12.3. The first-order valence-electron chi connectivity index (χ1n) is 6.40. The third kappa shape index (κ3) is 2.16. The maximum absolute atomic E-state index is 12.3. The van der Waals surface area contributed by atoms with Crippen molar-refractivity contribution in [2.24, 2.45) is 0 Å². The van der Waals surface area contributed by atoms with Gasteiger partial charge in [-0.2, -0.15) is 0 Å². The van der Waals surface area contributed by atoms with Crippen LogP contribution in [0.1, 0.15) is 17.4 Å². The van der Waals surface area contributed by atoms with Gasteiger partial charge in [0.05, 0.1) is 16.7 Å². The number of aromatic nitrogens is 4. The number of aromatic amines is 3. The van der Waals surface area contributed by atoms with Gasteiger partial charge >= 0.3 is 11.4 Å². The summed E-state index contributed by atoms with van der Waals surface area (Å²) in [6.45, 7) is 2.16. The Morgan fingerprint density at radius 3 is 2.86 bits per heavy atom. The van der Waals surface area contributed by atoms with Crippen molar-refractivity contribution in [3.8, 4) is 0 Å². The number of imidazole rings is 2. The van der Waals surface area contributed by atoms with Crippen molar-refractivity contribution in [3.63, 3.8) is 0 Å². The average Bonchev–Trinajstić information content (AvgIpc) is 3.01. The zero-order valence-electron chi connectivity index (χ0n) is 11.2. The monoisotopic (exact) mass is 287 g/mol. The summed E-state index contributed by atoms with van der Waals surface area (Å²) in [4.78, 5) is 42.8. The lowest BCUT2D eigenvalue weighted by atomic mass is 10.2. The predicted octanol–water partition coefficient (Wildman–Crippen LogP) is 0.618. The summed E-state index contributed by atoms with van der Waals surface area (Å²) in [5, 5.41) is 2.69. The maximum Gasteiger partial charge on any atom is 0.326 e. The molecular weight excluding hydrogens is 274 g/mol. The summed E-state index contributed by atoms with van der Waals surface area (Å²) in [6.07, 6.45) is 1.36. The molecule has 3 rings (SSSR count). The fourth-order valence-corrected chi connectivity index (χ4v) is 2.25. The quantitative estimate of drug-likeness (QED) is 0.565. The number of nitrogens with one attached hydrogen (secondary N) is 4. The Morgan fingerprint density at radius 2 is 2.10 bits per heavy atom. The Hall–Kier alpha value is -3.03. The third-order valence-electron chi connectivity index (χ3n) is 3.22. The minimum absolute atomic E-state index is 0.234. The molecule has 0 aliphatic carbocycles. The van der Waals surface area contributed by atoms with E-state index in [1.807, 2.05) is 0 Å². The van der Waals surface area contributed by atoms with Crippen molar-refractivity contribution in [2.75, 3.05) is 5.32 Å². The molecule has 3 aromatic rings. The number of carbonyl (C=O) groups is 1. The SMILES string of the molecule is CCn1c(C(=O)Nc2cccc3[nH]c(=O)[nH]c23)c[nH]c1=O. The molecule has 0 saturated heterocycles. The van der Waals surface area contributed by atoms with Crippen LogP contribution < -0.4 is 16.7 Å². The van der Waals surface area contributed by atoms with Gasteiger partial charge in [-0.05, 0) is 19.1 Å². The van der Waals surface area contributed by atoms with E-state index in [0.717, 1.165) is 0 Å². The Balaban J connectivity index is 2.00. The van der Waals surface area contributed by atoms with Gasteiger partial charge in [0, 0.05) is 12.7 Å². The van der Waals surface area contributed by atoms with E-state index in [1.54, 1.807) is 25.1 Å². The van der Waals surface area contributed by atoms with Crippen LogP contribution in [0.4, 0.5) is 5.69 Å². The highest BCUT2D eigenvalue weighted by Gasteiger charge is 2.15. The average molecular weight is 287 g/mol. The fraction of sp³-hybridized carbons (Fsp3) is 0.154. The first-order valence-corrected chi connectivity index (χ1v) is 6.40. The number of para-hydroxylation sites is 1. The third-order valence-corrected chi connectivity index (χ3v) is 3.22. The molecule has 0 atom stereocenters. The predicted molar refractivity (Wildman–Crippen MR) is 77.6 cm³/mol. The van der Waals surface area contributed by atoms with Crippen LogP contribution in [0.15, 0.2) is 34.0 Å². The van der Waals surface area contributed by atoms with Crippen LogP contribution in [-0.4, -0.2) is 25.4 Å². The van der Waals surface area contributed by atoms with Crippen LogP contribution in [0, 0.1) is 0 Å². The topological polar surface area (TPSA) is 116 Å². The van der Waals surface area contributed by atoms with E-state index in [2.05, 4.69) is 20.3 Å². The normalized spacial score (nSPS) is 10.9. The molecule has 8 heteroatoms. The summed E-state index contributed by atoms with van der Waals surface area (Å²) < 4.78 is 1.33. The second-order valence-corrected chi connectivity index (χ2v) is 4.48. The molecule has 0 saturated carbocycles. The van der Waals surface area contributed by atoms with Crippen LogP contribution in [0.5, 0.6) is 0 Å². The lowest BCUT2D eigenvalue weighted by Gasteiger charge is -2.07. The molecule has 0 fully saturated rings. The minimum Gasteiger partial charge on any atom is -0.319 e. The highest BCUT2D eigenvalue weighted by Crippen LogP contribution is 2.19. The number of benzene rings is 1. The zero-order chi connectivity index (χ0) is 15.0. The van der Waals surface area contributed by atoms with Crippen molar-refractivity contribution in [2.45, 2.75) is 13.5 Å². The van der Waals surface area contributed by atoms with Gasteiger partial charge in [-0.3, -0.25) is 9.36 Å². The van der Waals surface area contributed by atoms with Crippen LogP contribution in [0.25, 0.3) is 11.0 Å². The molecule has 2 aromatic heterocycles.